The van der Waals surface area contributed by atoms with Crippen LogP contribution < -0.4 is 0 Å². The first-order chi connectivity index (χ1) is 21.2. The number of rotatable bonds is 14. The van der Waals surface area contributed by atoms with Crippen molar-refractivity contribution in [1.82, 2.24) is 0 Å². The van der Waals surface area contributed by atoms with Gasteiger partial charge in [-0.25, -0.2) is 0 Å². The summed E-state index contributed by atoms with van der Waals surface area (Å²) >= 11 is 0. The normalized spacial score (nSPS) is 45.4. The van der Waals surface area contributed by atoms with Crippen molar-refractivity contribution in [2.24, 2.45) is 0 Å². The highest BCUT2D eigenvalue weighted by Gasteiger charge is 2.49. The van der Waals surface area contributed by atoms with Gasteiger partial charge in [-0.05, 0) is 0 Å². The van der Waals surface area contributed by atoms with E-state index in [1.54, 1.807) is 0 Å². The Bertz CT molecular complexity index is 897. The van der Waals surface area contributed by atoms with E-state index in [9.17, 15) is 76.3 Å². The van der Waals surface area contributed by atoms with Gasteiger partial charge < -0.3 is 105 Å². The van der Waals surface area contributed by atoms with E-state index in [4.69, 9.17) is 28.4 Å². The Kier molecular flexibility index (Phi) is 14.3. The summed E-state index contributed by atoms with van der Waals surface area (Å²) < 4.78 is 31.2. The van der Waals surface area contributed by atoms with Gasteiger partial charge in [0.1, 0.15) is 97.7 Å². The average molecular weight is 667 g/mol. The first-order valence-corrected chi connectivity index (χ1v) is 13.9. The van der Waals surface area contributed by atoms with Gasteiger partial charge in [0, 0.05) is 0 Å². The van der Waals surface area contributed by atoms with Crippen molar-refractivity contribution in [2.75, 3.05) is 26.4 Å². The third-order valence-corrected chi connectivity index (χ3v) is 7.73. The third-order valence-electron chi connectivity index (χ3n) is 7.73. The summed E-state index contributed by atoms with van der Waals surface area (Å²) in [6.45, 7) is -3.17. The van der Waals surface area contributed by atoms with E-state index < -0.39 is 143 Å². The fourth-order valence-electron chi connectivity index (χ4n) is 4.83. The maximum Gasteiger partial charge on any atom is 0.187 e. The Balaban J connectivity index is 1.56. The van der Waals surface area contributed by atoms with Crippen LogP contribution in [-0.2, 0) is 33.2 Å². The lowest BCUT2D eigenvalue weighted by Gasteiger charge is -2.43. The second-order valence-electron chi connectivity index (χ2n) is 10.9. The molecule has 0 bridgehead atoms. The summed E-state index contributed by atoms with van der Waals surface area (Å²) in [5, 5.41) is 140. The summed E-state index contributed by atoms with van der Waals surface area (Å²) in [6, 6.07) is 0. The zero-order valence-electron chi connectivity index (χ0n) is 23.5. The lowest BCUT2D eigenvalue weighted by Crippen LogP contribution is -2.62. The molecule has 0 aromatic heterocycles. The fourth-order valence-corrected chi connectivity index (χ4v) is 4.83. The third kappa shape index (κ3) is 8.67. The minimum absolute atomic E-state index is 0.0330. The number of hydrogen-bond donors (Lipinski definition) is 14. The molecule has 3 heterocycles. The second kappa shape index (κ2) is 16.8. The predicted octanol–water partition coefficient (Wildman–Crippen LogP) is -9.91. The molecule has 264 valence electrons. The largest absolute Gasteiger partial charge is 0.394 e. The van der Waals surface area contributed by atoms with Crippen LogP contribution >= 0.6 is 0 Å². The number of carbonyl (C=O) groups excluding carboxylic acids is 1. The minimum Gasteiger partial charge on any atom is -0.394 e. The number of ether oxygens (including phenoxy) is 6. The van der Waals surface area contributed by atoms with E-state index in [0.29, 0.717) is 0 Å². The maximum atomic E-state index is 11.6. The molecule has 3 aliphatic heterocycles. The zero-order chi connectivity index (χ0) is 33.7. The van der Waals surface area contributed by atoms with Crippen LogP contribution in [-0.4, -0.2) is 221 Å². The van der Waals surface area contributed by atoms with Crippen LogP contribution in [0.4, 0.5) is 0 Å². The molecule has 0 radical (unpaired) electrons. The second-order valence-corrected chi connectivity index (χ2v) is 10.9. The van der Waals surface area contributed by atoms with Gasteiger partial charge in [0.2, 0.25) is 0 Å². The van der Waals surface area contributed by atoms with Crippen molar-refractivity contribution in [3.8, 4) is 0 Å². The predicted molar refractivity (Wildman–Crippen MR) is 135 cm³/mol. The molecular formula is C24H42O21. The van der Waals surface area contributed by atoms with Gasteiger partial charge in [0.05, 0.1) is 26.4 Å². The summed E-state index contributed by atoms with van der Waals surface area (Å²) in [6.07, 6.45) is -34.5. The van der Waals surface area contributed by atoms with E-state index in [2.05, 4.69) is 0 Å². The molecule has 0 aromatic rings. The summed E-state index contributed by atoms with van der Waals surface area (Å²) in [4.78, 5) is 11.6. The van der Waals surface area contributed by atoms with Crippen LogP contribution in [0.1, 0.15) is 0 Å². The maximum absolute atomic E-state index is 11.6. The fraction of sp³-hybridized carbons (Fsp3) is 0.958. The van der Waals surface area contributed by atoms with Crippen LogP contribution in [0.5, 0.6) is 0 Å². The summed E-state index contributed by atoms with van der Waals surface area (Å²) in [5.74, 6) is 0. The summed E-state index contributed by atoms with van der Waals surface area (Å²) in [7, 11) is 0. The molecule has 19 atom stereocenters. The SMILES string of the molecule is O=C[C@H](OC1O[C@H](CO)[C@@H](O)[C@H](O)[C@H]1O)[C@@H](O)[C@H](O)[C@H](O)COC1O[C@H](COC2O[C@H](CO)[C@@H](O)[C@H](O)[C@H]2O)[C@@H](O)[C@H](O)[C@H]1O. The quantitative estimate of drug-likeness (QED) is 0.0765. The molecule has 3 saturated heterocycles. The molecular weight excluding hydrogens is 624 g/mol. The molecule has 0 spiro atoms. The minimum atomic E-state index is -2.22. The molecule has 3 rings (SSSR count). The van der Waals surface area contributed by atoms with Crippen molar-refractivity contribution >= 4 is 6.29 Å². The highest BCUT2D eigenvalue weighted by molar-refractivity contribution is 5.57. The van der Waals surface area contributed by atoms with Gasteiger partial charge in [-0.1, -0.05) is 0 Å². The Morgan fingerprint density at radius 2 is 0.978 bits per heavy atom. The Morgan fingerprint density at radius 1 is 0.556 bits per heavy atom. The van der Waals surface area contributed by atoms with E-state index in [1.165, 1.54) is 0 Å². The van der Waals surface area contributed by atoms with Gasteiger partial charge in [-0.3, -0.25) is 0 Å². The first kappa shape index (κ1) is 38.3. The van der Waals surface area contributed by atoms with Crippen molar-refractivity contribution in [3.05, 3.63) is 0 Å². The summed E-state index contributed by atoms with van der Waals surface area (Å²) in [5.41, 5.74) is 0. The Labute approximate surface area is 254 Å². The first-order valence-electron chi connectivity index (χ1n) is 13.9. The van der Waals surface area contributed by atoms with Gasteiger partial charge in [0.25, 0.3) is 0 Å². The number of aliphatic hydroxyl groups excluding tert-OH is 14. The van der Waals surface area contributed by atoms with Crippen molar-refractivity contribution in [1.29, 1.82) is 0 Å². The zero-order valence-corrected chi connectivity index (χ0v) is 23.5. The van der Waals surface area contributed by atoms with Gasteiger partial charge in [0.15, 0.2) is 25.2 Å². The van der Waals surface area contributed by atoms with Crippen LogP contribution in [0.15, 0.2) is 0 Å². The molecule has 14 N–H and O–H groups in total. The highest BCUT2D eigenvalue weighted by Crippen LogP contribution is 2.27. The molecule has 0 aliphatic carbocycles. The van der Waals surface area contributed by atoms with Crippen molar-refractivity contribution in [2.45, 2.75) is 117 Å². The van der Waals surface area contributed by atoms with Gasteiger partial charge in [-0.15, -0.1) is 0 Å². The number of carbonyl (C=O) groups is 1. The molecule has 0 aromatic carbocycles. The van der Waals surface area contributed by atoms with Crippen LogP contribution in [0.3, 0.4) is 0 Å². The molecule has 3 fully saturated rings. The molecule has 21 heteroatoms. The van der Waals surface area contributed by atoms with Crippen molar-refractivity contribution < 1.29 is 105 Å². The van der Waals surface area contributed by atoms with E-state index in [0.717, 1.165) is 0 Å². The standard InChI is InChI=1S/C24H42O21/c25-1-7(43-24-21(39)17(35)14(32)9(3-27)44-24)12(30)11(29)6(28)4-40-22-20(38)18(36)15(33)10(45-22)5-41-23-19(37)16(34)13(31)8(2-26)42-23/h1,6-24,26-39H,2-5H2/t6-,7+,8-,9-,10-,11-,12-,13-,14-,15-,16+,17+,18+,19-,20-,21-,22?,23?,24?/m1/s1. The monoisotopic (exact) mass is 666 g/mol. The van der Waals surface area contributed by atoms with Crippen LogP contribution in [0.25, 0.3) is 0 Å². The van der Waals surface area contributed by atoms with Gasteiger partial charge in [-0.2, -0.15) is 0 Å². The molecule has 45 heavy (non-hydrogen) atoms. The Hall–Kier alpha value is -1.13. The Morgan fingerprint density at radius 3 is 1.47 bits per heavy atom. The van der Waals surface area contributed by atoms with Crippen molar-refractivity contribution in [3.63, 3.8) is 0 Å². The molecule has 0 saturated carbocycles. The van der Waals surface area contributed by atoms with Crippen LogP contribution in [0, 0.1) is 0 Å². The number of aliphatic hydroxyl groups is 14. The van der Waals surface area contributed by atoms with E-state index >= 15 is 0 Å². The topological polar surface area (TPSA) is 356 Å². The van der Waals surface area contributed by atoms with Gasteiger partial charge >= 0.3 is 0 Å². The lowest BCUT2D eigenvalue weighted by atomic mass is 9.98. The van der Waals surface area contributed by atoms with E-state index in [-0.39, 0.29) is 6.29 Å². The lowest BCUT2D eigenvalue weighted by molar-refractivity contribution is -0.333. The molecule has 0 amide bonds. The van der Waals surface area contributed by atoms with E-state index in [1.807, 2.05) is 0 Å². The molecule has 3 unspecified atom stereocenters. The molecule has 21 nitrogen and oxygen atoms in total. The smallest absolute Gasteiger partial charge is 0.187 e. The number of aldehydes is 1. The highest BCUT2D eigenvalue weighted by atomic mass is 16.7. The molecule has 3 aliphatic rings. The number of hydrogen-bond acceptors (Lipinski definition) is 21. The van der Waals surface area contributed by atoms with Crippen LogP contribution in [0.2, 0.25) is 0 Å². The average Bonchev–Trinajstić information content (AvgIpc) is 3.03.